The van der Waals surface area contributed by atoms with Crippen LogP contribution in [0, 0.1) is 0 Å². The zero-order valence-electron chi connectivity index (χ0n) is 7.21. The Morgan fingerprint density at radius 1 is 1.25 bits per heavy atom. The topological polar surface area (TPSA) is 38.0 Å². The van der Waals surface area contributed by atoms with Crippen molar-refractivity contribution in [3.8, 4) is 0 Å². The van der Waals surface area contributed by atoms with Gasteiger partial charge < -0.3 is 11.1 Å². The molecular formula is C6H12N2S4. The van der Waals surface area contributed by atoms with Crippen LogP contribution in [0.1, 0.15) is 20.8 Å². The predicted octanol–water partition coefficient (Wildman–Crippen LogP) is 2.28. The third-order valence-corrected chi connectivity index (χ3v) is 3.70. The van der Waals surface area contributed by atoms with Crippen molar-refractivity contribution in [2.75, 3.05) is 0 Å². The van der Waals surface area contributed by atoms with Gasteiger partial charge in [-0.3, -0.25) is 0 Å². The molecule has 0 radical (unpaired) electrons. The first-order chi connectivity index (χ1) is 5.31. The third kappa shape index (κ3) is 8.58. The van der Waals surface area contributed by atoms with Crippen LogP contribution in [-0.2, 0) is 0 Å². The third-order valence-electron chi connectivity index (χ3n) is 0.677. The fourth-order valence-corrected chi connectivity index (χ4v) is 2.43. The molecule has 0 aromatic rings. The van der Waals surface area contributed by atoms with E-state index in [1.807, 2.05) is 20.8 Å². The number of rotatable bonds is 0. The molecule has 0 bridgehead atoms. The maximum absolute atomic E-state index is 5.29. The molecular weight excluding hydrogens is 228 g/mol. The van der Waals surface area contributed by atoms with Gasteiger partial charge in [0.1, 0.15) is 8.64 Å². The Balaban J connectivity index is 3.68. The zero-order valence-corrected chi connectivity index (χ0v) is 10.5. The average Bonchev–Trinajstić information content (AvgIpc) is 1.79. The van der Waals surface area contributed by atoms with Crippen LogP contribution < -0.4 is 11.1 Å². The minimum atomic E-state index is 0.000854. The van der Waals surface area contributed by atoms with Gasteiger partial charge in [0.2, 0.25) is 0 Å². The Morgan fingerprint density at radius 2 is 1.75 bits per heavy atom. The molecule has 0 amide bonds. The minimum Gasteiger partial charge on any atom is -0.384 e. The van der Waals surface area contributed by atoms with Gasteiger partial charge in [-0.25, -0.2) is 0 Å². The van der Waals surface area contributed by atoms with E-state index in [2.05, 4.69) is 17.5 Å². The van der Waals surface area contributed by atoms with Crippen LogP contribution in [-0.4, -0.2) is 14.2 Å². The number of hydrogen-bond acceptors (Lipinski definition) is 4. The first kappa shape index (κ1) is 12.5. The molecule has 0 spiro atoms. The molecule has 0 rings (SSSR count). The average molecular weight is 240 g/mol. The molecule has 3 N–H and O–H groups in total. The summed E-state index contributed by atoms with van der Waals surface area (Å²) in [5.74, 6) is 0. The van der Waals surface area contributed by atoms with Gasteiger partial charge in [-0.05, 0) is 42.4 Å². The van der Waals surface area contributed by atoms with Crippen molar-refractivity contribution in [1.82, 2.24) is 5.32 Å². The van der Waals surface area contributed by atoms with Gasteiger partial charge in [-0.1, -0.05) is 24.4 Å². The van der Waals surface area contributed by atoms with Crippen molar-refractivity contribution in [2.24, 2.45) is 5.73 Å². The highest BCUT2D eigenvalue weighted by Gasteiger charge is 2.11. The molecule has 0 saturated carbocycles. The minimum absolute atomic E-state index is 0.000854. The van der Waals surface area contributed by atoms with Gasteiger partial charge in [0, 0.05) is 5.54 Å². The van der Waals surface area contributed by atoms with Gasteiger partial charge in [-0.15, -0.1) is 0 Å². The maximum Gasteiger partial charge on any atom is 0.145 e. The lowest BCUT2D eigenvalue weighted by atomic mass is 10.1. The molecule has 70 valence electrons. The van der Waals surface area contributed by atoms with E-state index in [0.29, 0.717) is 8.64 Å². The summed E-state index contributed by atoms with van der Waals surface area (Å²) < 4.78 is 1.11. The van der Waals surface area contributed by atoms with E-state index < -0.39 is 0 Å². The van der Waals surface area contributed by atoms with Crippen molar-refractivity contribution >= 4 is 54.7 Å². The van der Waals surface area contributed by atoms with Gasteiger partial charge in [0.05, 0.1) is 0 Å². The molecule has 12 heavy (non-hydrogen) atoms. The number of nitrogens with two attached hydrogens (primary N) is 1. The summed E-state index contributed by atoms with van der Waals surface area (Å²) in [5, 5.41) is 3.13. The Labute approximate surface area is 91.8 Å². The van der Waals surface area contributed by atoms with E-state index in [1.54, 1.807) is 0 Å². The summed E-state index contributed by atoms with van der Waals surface area (Å²) in [6, 6.07) is 0. The summed E-state index contributed by atoms with van der Waals surface area (Å²) in [6.07, 6.45) is 0. The highest BCUT2D eigenvalue weighted by molar-refractivity contribution is 8.89. The Hall–Kier alpha value is 0.480. The largest absolute Gasteiger partial charge is 0.384 e. The van der Waals surface area contributed by atoms with Crippen LogP contribution in [0.15, 0.2) is 0 Å². The van der Waals surface area contributed by atoms with E-state index in [9.17, 15) is 0 Å². The molecule has 0 heterocycles. The molecule has 0 fully saturated rings. The molecule has 6 heteroatoms. The second-order valence-electron chi connectivity index (χ2n) is 3.15. The molecule has 0 aliphatic heterocycles. The fraction of sp³-hybridized carbons (Fsp3) is 0.667. The van der Waals surface area contributed by atoms with Gasteiger partial charge >= 0.3 is 0 Å². The number of thiocarbonyl (C=S) groups is 2. The highest BCUT2D eigenvalue weighted by atomic mass is 33.1. The quantitative estimate of drug-likeness (QED) is 0.500. The van der Waals surface area contributed by atoms with Gasteiger partial charge in [0.15, 0.2) is 0 Å². The van der Waals surface area contributed by atoms with Crippen LogP contribution >= 0.6 is 46.0 Å². The second-order valence-corrected chi connectivity index (χ2v) is 6.69. The van der Waals surface area contributed by atoms with Crippen LogP contribution in [0.3, 0.4) is 0 Å². The van der Waals surface area contributed by atoms with Crippen molar-refractivity contribution in [1.29, 1.82) is 0 Å². The Kier molecular flexibility index (Phi) is 5.47. The molecule has 0 saturated heterocycles. The molecule has 0 unspecified atom stereocenters. The van der Waals surface area contributed by atoms with Gasteiger partial charge in [-0.2, -0.15) is 0 Å². The lowest BCUT2D eigenvalue weighted by molar-refractivity contribution is 0.519. The van der Waals surface area contributed by atoms with E-state index in [4.69, 9.17) is 18.0 Å². The lowest BCUT2D eigenvalue weighted by Gasteiger charge is -2.21. The maximum atomic E-state index is 5.29. The summed E-state index contributed by atoms with van der Waals surface area (Å²) in [5.41, 5.74) is 5.29. The zero-order chi connectivity index (χ0) is 9.78. The standard InChI is InChI=1S/C6H12N2S4/c1-6(2,3)8-5(10)12-11-4(7)9/h1-3H3,(H2,7,9)(H,8,10). The Bertz CT molecular complexity index is 184. The number of nitrogens with one attached hydrogen (secondary N) is 1. The summed E-state index contributed by atoms with van der Waals surface area (Å²) in [6.45, 7) is 6.14. The Morgan fingerprint density at radius 3 is 2.08 bits per heavy atom. The van der Waals surface area contributed by atoms with Crippen molar-refractivity contribution < 1.29 is 0 Å². The summed E-state index contributed by atoms with van der Waals surface area (Å²) in [4.78, 5) is 0. The van der Waals surface area contributed by atoms with Gasteiger partial charge in [0.25, 0.3) is 0 Å². The fourth-order valence-electron chi connectivity index (χ4n) is 0.406. The van der Waals surface area contributed by atoms with E-state index in [0.717, 1.165) is 0 Å². The van der Waals surface area contributed by atoms with E-state index >= 15 is 0 Å². The van der Waals surface area contributed by atoms with E-state index in [1.165, 1.54) is 21.6 Å². The predicted molar refractivity (Wildman–Crippen MR) is 67.5 cm³/mol. The lowest BCUT2D eigenvalue weighted by Crippen LogP contribution is -2.38. The van der Waals surface area contributed by atoms with Crippen LogP contribution in [0.4, 0.5) is 0 Å². The summed E-state index contributed by atoms with van der Waals surface area (Å²) >= 11 is 9.72. The van der Waals surface area contributed by atoms with Crippen molar-refractivity contribution in [3.05, 3.63) is 0 Å². The molecule has 0 aromatic heterocycles. The van der Waals surface area contributed by atoms with Crippen molar-refractivity contribution in [3.63, 3.8) is 0 Å². The summed E-state index contributed by atoms with van der Waals surface area (Å²) in [7, 11) is 2.68. The second kappa shape index (κ2) is 5.26. The molecule has 0 aliphatic rings. The molecule has 2 nitrogen and oxygen atoms in total. The van der Waals surface area contributed by atoms with Crippen LogP contribution in [0.2, 0.25) is 0 Å². The molecule has 0 atom stereocenters. The smallest absolute Gasteiger partial charge is 0.145 e. The normalized spacial score (nSPS) is 10.9. The first-order valence-corrected chi connectivity index (χ1v) is 6.24. The monoisotopic (exact) mass is 240 g/mol. The molecule has 0 aromatic carbocycles. The number of hydrogen-bond donors (Lipinski definition) is 2. The first-order valence-electron chi connectivity index (χ1n) is 3.27. The SMILES string of the molecule is CC(C)(C)NC(=S)SSC(N)=S. The van der Waals surface area contributed by atoms with E-state index in [-0.39, 0.29) is 5.54 Å². The van der Waals surface area contributed by atoms with Crippen molar-refractivity contribution in [2.45, 2.75) is 26.3 Å². The molecule has 0 aliphatic carbocycles. The van der Waals surface area contributed by atoms with Crippen LogP contribution in [0.5, 0.6) is 0 Å². The van der Waals surface area contributed by atoms with Crippen LogP contribution in [0.25, 0.3) is 0 Å². The highest BCUT2D eigenvalue weighted by Crippen LogP contribution is 2.22.